The third-order valence-electron chi connectivity index (χ3n) is 5.54. The Morgan fingerprint density at radius 3 is 2.47 bits per heavy atom. The summed E-state index contributed by atoms with van der Waals surface area (Å²) in [5.41, 5.74) is 6.93. The molecule has 2 N–H and O–H groups in total. The second-order valence-electron chi connectivity index (χ2n) is 7.72. The van der Waals surface area contributed by atoms with Crippen molar-refractivity contribution in [2.24, 2.45) is 17.1 Å². The van der Waals surface area contributed by atoms with Crippen molar-refractivity contribution < 1.29 is 4.74 Å². The van der Waals surface area contributed by atoms with Crippen molar-refractivity contribution in [1.82, 2.24) is 4.90 Å². The molecule has 1 saturated carbocycles. The van der Waals surface area contributed by atoms with Gasteiger partial charge in [-0.3, -0.25) is 4.90 Å². The van der Waals surface area contributed by atoms with Gasteiger partial charge in [0.05, 0.1) is 12.7 Å². The fourth-order valence-corrected chi connectivity index (χ4v) is 4.29. The van der Waals surface area contributed by atoms with Gasteiger partial charge in [-0.25, -0.2) is 0 Å². The first kappa shape index (κ1) is 15.3. The molecule has 4 unspecified atom stereocenters. The molecule has 0 radical (unpaired) electrons. The molecule has 1 heterocycles. The Labute approximate surface area is 118 Å². The predicted octanol–water partition coefficient (Wildman–Crippen LogP) is 2.64. The predicted molar refractivity (Wildman–Crippen MR) is 80.2 cm³/mol. The van der Waals surface area contributed by atoms with Crippen LogP contribution in [-0.4, -0.2) is 42.3 Å². The van der Waals surface area contributed by atoms with Crippen LogP contribution in [0.4, 0.5) is 0 Å². The topological polar surface area (TPSA) is 38.5 Å². The van der Waals surface area contributed by atoms with E-state index in [1.807, 2.05) is 0 Å². The van der Waals surface area contributed by atoms with E-state index in [1.54, 1.807) is 0 Å². The first-order valence-corrected chi connectivity index (χ1v) is 7.89. The Morgan fingerprint density at radius 1 is 1.21 bits per heavy atom. The highest BCUT2D eigenvalue weighted by atomic mass is 16.5. The normalized spacial score (nSPS) is 44.2. The first-order valence-electron chi connectivity index (χ1n) is 7.89. The van der Waals surface area contributed by atoms with Gasteiger partial charge in [0.15, 0.2) is 0 Å². The second kappa shape index (κ2) is 5.34. The molecular weight excluding hydrogens is 236 g/mol. The van der Waals surface area contributed by atoms with Crippen LogP contribution >= 0.6 is 0 Å². The molecule has 2 aliphatic rings. The second-order valence-corrected chi connectivity index (χ2v) is 7.72. The SMILES string of the molecule is CC1CN(C2(CN)CCC(C)(C)CC2C)C(C)CO1. The lowest BCUT2D eigenvalue weighted by Crippen LogP contribution is -2.66. The van der Waals surface area contributed by atoms with E-state index < -0.39 is 0 Å². The van der Waals surface area contributed by atoms with E-state index in [2.05, 4.69) is 39.5 Å². The van der Waals surface area contributed by atoms with Gasteiger partial charge < -0.3 is 10.5 Å². The van der Waals surface area contributed by atoms with E-state index in [0.717, 1.165) is 19.7 Å². The molecule has 0 aromatic carbocycles. The largest absolute Gasteiger partial charge is 0.376 e. The van der Waals surface area contributed by atoms with E-state index in [-0.39, 0.29) is 5.54 Å². The zero-order valence-corrected chi connectivity index (χ0v) is 13.4. The van der Waals surface area contributed by atoms with Gasteiger partial charge in [0.25, 0.3) is 0 Å². The first-order chi connectivity index (χ1) is 8.81. The lowest BCUT2D eigenvalue weighted by atomic mass is 9.62. The van der Waals surface area contributed by atoms with Gasteiger partial charge in [-0.1, -0.05) is 20.8 Å². The number of rotatable bonds is 2. The summed E-state index contributed by atoms with van der Waals surface area (Å²) in [4.78, 5) is 2.67. The van der Waals surface area contributed by atoms with E-state index >= 15 is 0 Å². The van der Waals surface area contributed by atoms with Crippen LogP contribution in [0.25, 0.3) is 0 Å². The number of hydrogen-bond donors (Lipinski definition) is 1. The summed E-state index contributed by atoms with van der Waals surface area (Å²) in [6, 6.07) is 0.489. The van der Waals surface area contributed by atoms with Crippen LogP contribution < -0.4 is 5.73 Å². The Morgan fingerprint density at radius 2 is 1.89 bits per heavy atom. The number of morpholine rings is 1. The van der Waals surface area contributed by atoms with Crippen molar-refractivity contribution in [3.8, 4) is 0 Å². The molecule has 0 spiro atoms. The van der Waals surface area contributed by atoms with E-state index in [4.69, 9.17) is 10.5 Å². The maximum Gasteiger partial charge on any atom is 0.0675 e. The maximum absolute atomic E-state index is 6.27. The van der Waals surface area contributed by atoms with Crippen molar-refractivity contribution in [2.45, 2.75) is 71.6 Å². The number of ether oxygens (including phenoxy) is 1. The quantitative estimate of drug-likeness (QED) is 0.837. The van der Waals surface area contributed by atoms with Gasteiger partial charge in [0.2, 0.25) is 0 Å². The van der Waals surface area contributed by atoms with Gasteiger partial charge in [-0.15, -0.1) is 0 Å². The minimum Gasteiger partial charge on any atom is -0.376 e. The van der Waals surface area contributed by atoms with Crippen LogP contribution in [0.3, 0.4) is 0 Å². The molecule has 3 nitrogen and oxygen atoms in total. The van der Waals surface area contributed by atoms with Crippen LogP contribution in [0, 0.1) is 11.3 Å². The van der Waals surface area contributed by atoms with Crippen LogP contribution in [0.5, 0.6) is 0 Å². The molecule has 19 heavy (non-hydrogen) atoms. The van der Waals surface area contributed by atoms with Crippen LogP contribution in [0.15, 0.2) is 0 Å². The standard InChI is InChI=1S/C16H32N2O/c1-12-8-15(4,5)6-7-16(12,11-17)18-9-14(3)19-10-13(18)2/h12-14H,6-11,17H2,1-5H3. The van der Waals surface area contributed by atoms with Crippen molar-refractivity contribution in [1.29, 1.82) is 0 Å². The molecule has 0 aromatic rings. The van der Waals surface area contributed by atoms with Crippen LogP contribution in [-0.2, 0) is 4.74 Å². The molecular formula is C16H32N2O. The minimum absolute atomic E-state index is 0.187. The Kier molecular flexibility index (Phi) is 4.29. The summed E-state index contributed by atoms with van der Waals surface area (Å²) < 4.78 is 5.79. The molecule has 4 atom stereocenters. The Hall–Kier alpha value is -0.120. The van der Waals surface area contributed by atoms with Crippen molar-refractivity contribution in [3.05, 3.63) is 0 Å². The van der Waals surface area contributed by atoms with E-state index in [0.29, 0.717) is 23.5 Å². The minimum atomic E-state index is 0.187. The maximum atomic E-state index is 6.27. The molecule has 2 rings (SSSR count). The molecule has 112 valence electrons. The number of nitrogens with two attached hydrogens (primary N) is 1. The van der Waals surface area contributed by atoms with E-state index in [9.17, 15) is 0 Å². The summed E-state index contributed by atoms with van der Waals surface area (Å²) in [6.07, 6.45) is 4.13. The molecule has 0 amide bonds. The lowest BCUT2D eigenvalue weighted by Gasteiger charge is -2.57. The van der Waals surface area contributed by atoms with Crippen molar-refractivity contribution >= 4 is 0 Å². The van der Waals surface area contributed by atoms with Gasteiger partial charge >= 0.3 is 0 Å². The summed E-state index contributed by atoms with van der Waals surface area (Å²) in [5.74, 6) is 0.661. The van der Waals surface area contributed by atoms with E-state index in [1.165, 1.54) is 19.3 Å². The third-order valence-corrected chi connectivity index (χ3v) is 5.54. The van der Waals surface area contributed by atoms with Gasteiger partial charge in [0.1, 0.15) is 0 Å². The third kappa shape index (κ3) is 2.84. The molecule has 1 aliphatic heterocycles. The summed E-state index contributed by atoms with van der Waals surface area (Å²) >= 11 is 0. The molecule has 0 aromatic heterocycles. The van der Waals surface area contributed by atoms with Crippen molar-refractivity contribution in [3.63, 3.8) is 0 Å². The van der Waals surface area contributed by atoms with Crippen LogP contribution in [0.1, 0.15) is 53.9 Å². The molecule has 2 fully saturated rings. The summed E-state index contributed by atoms with van der Waals surface area (Å²) in [6.45, 7) is 14.3. The zero-order valence-electron chi connectivity index (χ0n) is 13.4. The summed E-state index contributed by atoms with van der Waals surface area (Å²) in [7, 11) is 0. The average Bonchev–Trinajstić information content (AvgIpc) is 2.33. The number of nitrogens with zero attached hydrogens (tertiary/aromatic N) is 1. The van der Waals surface area contributed by atoms with Crippen LogP contribution in [0.2, 0.25) is 0 Å². The molecule has 1 aliphatic carbocycles. The Bertz CT molecular complexity index is 318. The fraction of sp³-hybridized carbons (Fsp3) is 1.00. The zero-order chi connectivity index (χ0) is 14.3. The molecule has 3 heteroatoms. The monoisotopic (exact) mass is 268 g/mol. The highest BCUT2D eigenvalue weighted by molar-refractivity contribution is 5.04. The highest BCUT2D eigenvalue weighted by Crippen LogP contribution is 2.47. The van der Waals surface area contributed by atoms with Gasteiger partial charge in [0, 0.05) is 24.7 Å². The number of hydrogen-bond acceptors (Lipinski definition) is 3. The van der Waals surface area contributed by atoms with Gasteiger partial charge in [-0.2, -0.15) is 0 Å². The Balaban J connectivity index is 2.22. The highest BCUT2D eigenvalue weighted by Gasteiger charge is 2.49. The summed E-state index contributed by atoms with van der Waals surface area (Å²) in [5, 5.41) is 0. The van der Waals surface area contributed by atoms with Gasteiger partial charge in [-0.05, 0) is 44.4 Å². The molecule has 1 saturated heterocycles. The molecule has 0 bridgehead atoms. The fourth-order valence-electron chi connectivity index (χ4n) is 4.29. The smallest absolute Gasteiger partial charge is 0.0675 e. The lowest BCUT2D eigenvalue weighted by molar-refractivity contribution is -0.125. The average molecular weight is 268 g/mol. The van der Waals surface area contributed by atoms with Crippen molar-refractivity contribution in [2.75, 3.05) is 19.7 Å².